The molecule has 0 N–H and O–H groups in total. The summed E-state index contributed by atoms with van der Waals surface area (Å²) in [6, 6.07) is 12.3. The average Bonchev–Trinajstić information content (AvgIpc) is 2.89. The Balaban J connectivity index is 1.94. The van der Waals surface area contributed by atoms with Crippen molar-refractivity contribution in [1.29, 1.82) is 0 Å². The van der Waals surface area contributed by atoms with E-state index in [4.69, 9.17) is 39.0 Å². The molecular weight excluding hydrogens is 445 g/mol. The first-order valence-electron chi connectivity index (χ1n) is 6.65. The van der Waals surface area contributed by atoms with Crippen molar-refractivity contribution in [2.24, 2.45) is 4.99 Å². The second-order valence-electron chi connectivity index (χ2n) is 4.64. The molecule has 0 bridgehead atoms. The van der Waals surface area contributed by atoms with Crippen molar-refractivity contribution in [3.8, 4) is 5.75 Å². The SMILES string of the molecule is O=S(=O)(Oc1ccccc1)c1ccc(N=c2ssc(Cl)c2Cl)c(Cl)c1. The third kappa shape index (κ3) is 4.36. The minimum Gasteiger partial charge on any atom is -0.379 e. The van der Waals surface area contributed by atoms with Crippen LogP contribution in [0.4, 0.5) is 5.69 Å². The fourth-order valence-corrected chi connectivity index (χ4v) is 5.78. The Morgan fingerprint density at radius 3 is 2.28 bits per heavy atom. The fourth-order valence-electron chi connectivity index (χ4n) is 1.80. The zero-order valence-electron chi connectivity index (χ0n) is 12.1. The monoisotopic (exact) mass is 451 g/mol. The van der Waals surface area contributed by atoms with E-state index in [0.29, 0.717) is 19.7 Å². The molecule has 1 aromatic heterocycles. The van der Waals surface area contributed by atoms with Crippen LogP contribution in [-0.4, -0.2) is 8.42 Å². The van der Waals surface area contributed by atoms with Crippen molar-refractivity contribution in [2.75, 3.05) is 0 Å². The van der Waals surface area contributed by atoms with Gasteiger partial charge in [0, 0.05) is 0 Å². The first-order chi connectivity index (χ1) is 11.9. The van der Waals surface area contributed by atoms with Gasteiger partial charge in [0.1, 0.15) is 24.7 Å². The second-order valence-corrected chi connectivity index (χ2v) is 9.70. The quantitative estimate of drug-likeness (QED) is 0.373. The number of halogens is 3. The third-order valence-electron chi connectivity index (χ3n) is 2.93. The van der Waals surface area contributed by atoms with Gasteiger partial charge in [-0.3, -0.25) is 0 Å². The van der Waals surface area contributed by atoms with Gasteiger partial charge in [0.15, 0.2) is 0 Å². The van der Waals surface area contributed by atoms with Crippen LogP contribution in [0.3, 0.4) is 0 Å². The number of benzene rings is 2. The van der Waals surface area contributed by atoms with E-state index in [9.17, 15) is 8.42 Å². The zero-order chi connectivity index (χ0) is 18.0. The molecule has 0 amide bonds. The molecule has 1 heterocycles. The highest BCUT2D eigenvalue weighted by atomic mass is 35.5. The lowest BCUT2D eigenvalue weighted by atomic mass is 10.3. The Kier molecular flexibility index (Phi) is 5.72. The van der Waals surface area contributed by atoms with Crippen molar-refractivity contribution in [3.63, 3.8) is 0 Å². The van der Waals surface area contributed by atoms with Crippen molar-refractivity contribution in [1.82, 2.24) is 0 Å². The number of rotatable bonds is 4. The third-order valence-corrected chi connectivity index (χ3v) is 7.97. The van der Waals surface area contributed by atoms with Gasteiger partial charge in [-0.2, -0.15) is 8.42 Å². The number of para-hydroxylation sites is 1. The zero-order valence-corrected chi connectivity index (χ0v) is 16.9. The molecule has 3 rings (SSSR count). The minimum absolute atomic E-state index is 0.0709. The Hall–Kier alpha value is -1.09. The highest BCUT2D eigenvalue weighted by Gasteiger charge is 2.18. The molecule has 0 radical (unpaired) electrons. The molecule has 0 saturated heterocycles. The Morgan fingerprint density at radius 2 is 1.68 bits per heavy atom. The van der Waals surface area contributed by atoms with Crippen LogP contribution >= 0.6 is 55.5 Å². The molecule has 0 aliphatic carbocycles. The van der Waals surface area contributed by atoms with Crippen LogP contribution in [0.25, 0.3) is 0 Å². The molecule has 0 spiro atoms. The molecule has 0 saturated carbocycles. The van der Waals surface area contributed by atoms with E-state index >= 15 is 0 Å². The van der Waals surface area contributed by atoms with Crippen molar-refractivity contribution < 1.29 is 12.6 Å². The summed E-state index contributed by atoms with van der Waals surface area (Å²) in [6.45, 7) is 0. The van der Waals surface area contributed by atoms with Crippen molar-refractivity contribution in [2.45, 2.75) is 4.90 Å². The predicted octanol–water partition coefficient (Wildman–Crippen LogP) is 5.77. The standard InChI is InChI=1S/C15H8Cl3NO3S3/c16-11-8-10(25(20,21)22-9-4-2-1-3-5-9)6-7-12(11)19-15-13(17)14(18)23-24-15/h1-8H. The molecule has 25 heavy (non-hydrogen) atoms. The van der Waals surface area contributed by atoms with Crippen LogP contribution in [0.2, 0.25) is 14.4 Å². The van der Waals surface area contributed by atoms with E-state index in [0.717, 1.165) is 0 Å². The summed E-state index contributed by atoms with van der Waals surface area (Å²) in [7, 11) is -1.41. The van der Waals surface area contributed by atoms with Gasteiger partial charge in [0.25, 0.3) is 0 Å². The van der Waals surface area contributed by atoms with Crippen LogP contribution in [0, 0.1) is 0 Å². The van der Waals surface area contributed by atoms with Gasteiger partial charge in [0.05, 0.1) is 10.7 Å². The molecule has 0 aliphatic rings. The molecule has 2 aromatic carbocycles. The average molecular weight is 453 g/mol. The molecule has 4 nitrogen and oxygen atoms in total. The molecule has 3 aromatic rings. The molecular formula is C15H8Cl3NO3S3. The second kappa shape index (κ2) is 7.65. The maximum absolute atomic E-state index is 12.3. The number of hydrogen-bond acceptors (Lipinski definition) is 6. The smallest absolute Gasteiger partial charge is 0.339 e. The summed E-state index contributed by atoms with van der Waals surface area (Å²) >= 11 is 18.1. The molecule has 0 atom stereocenters. The molecule has 0 fully saturated rings. The van der Waals surface area contributed by atoms with Crippen LogP contribution < -0.4 is 8.85 Å². The number of nitrogens with zero attached hydrogens (tertiary/aromatic N) is 1. The largest absolute Gasteiger partial charge is 0.379 e. The maximum Gasteiger partial charge on any atom is 0.339 e. The van der Waals surface area contributed by atoms with E-state index in [-0.39, 0.29) is 15.7 Å². The van der Waals surface area contributed by atoms with Gasteiger partial charge in [0.2, 0.25) is 0 Å². The Morgan fingerprint density at radius 1 is 0.960 bits per heavy atom. The van der Waals surface area contributed by atoms with Gasteiger partial charge in [-0.25, -0.2) is 4.99 Å². The number of hydrogen-bond donors (Lipinski definition) is 0. The summed E-state index contributed by atoms with van der Waals surface area (Å²) in [4.78, 5) is 4.24. The highest BCUT2D eigenvalue weighted by molar-refractivity contribution is 7.87. The van der Waals surface area contributed by atoms with E-state index in [1.165, 1.54) is 38.9 Å². The first-order valence-corrected chi connectivity index (χ1v) is 11.3. The van der Waals surface area contributed by atoms with Crippen LogP contribution in [0.5, 0.6) is 5.75 Å². The van der Waals surface area contributed by atoms with Gasteiger partial charge in [-0.05, 0) is 30.3 Å². The van der Waals surface area contributed by atoms with Crippen LogP contribution in [0.1, 0.15) is 0 Å². The maximum atomic E-state index is 12.3. The highest BCUT2D eigenvalue weighted by Crippen LogP contribution is 2.31. The summed E-state index contributed by atoms with van der Waals surface area (Å²) < 4.78 is 30.7. The van der Waals surface area contributed by atoms with E-state index in [1.54, 1.807) is 30.3 Å². The minimum atomic E-state index is -4.00. The summed E-state index contributed by atoms with van der Waals surface area (Å²) in [5, 5.41) is 0.500. The van der Waals surface area contributed by atoms with Crippen LogP contribution in [-0.2, 0) is 10.1 Å². The molecule has 130 valence electrons. The van der Waals surface area contributed by atoms with Gasteiger partial charge in [-0.1, -0.05) is 73.7 Å². The Labute approximate surface area is 166 Å². The summed E-state index contributed by atoms with van der Waals surface area (Å²) in [5.41, 5.74) is 0.382. The van der Waals surface area contributed by atoms with E-state index in [1.807, 2.05) is 0 Å². The Bertz CT molecular complexity index is 1080. The fraction of sp³-hybridized carbons (Fsp3) is 0. The predicted molar refractivity (Wildman–Crippen MR) is 103 cm³/mol. The van der Waals surface area contributed by atoms with Crippen molar-refractivity contribution >= 4 is 71.3 Å². The lowest BCUT2D eigenvalue weighted by Crippen LogP contribution is -2.09. The molecule has 0 unspecified atom stereocenters. The first kappa shape index (κ1) is 18.7. The van der Waals surface area contributed by atoms with Crippen molar-refractivity contribution in [3.05, 3.63) is 67.6 Å². The van der Waals surface area contributed by atoms with Gasteiger partial charge >= 0.3 is 10.1 Å². The lowest BCUT2D eigenvalue weighted by Gasteiger charge is -2.07. The molecule has 10 heteroatoms. The van der Waals surface area contributed by atoms with E-state index < -0.39 is 10.1 Å². The normalized spacial score (nSPS) is 12.4. The van der Waals surface area contributed by atoms with E-state index in [2.05, 4.69) is 4.99 Å². The van der Waals surface area contributed by atoms with Crippen LogP contribution in [0.15, 0.2) is 58.4 Å². The van der Waals surface area contributed by atoms with Gasteiger partial charge < -0.3 is 4.18 Å². The lowest BCUT2D eigenvalue weighted by molar-refractivity contribution is 0.486. The molecule has 0 aliphatic heterocycles. The summed E-state index contributed by atoms with van der Waals surface area (Å²) in [5.74, 6) is 0.217. The topological polar surface area (TPSA) is 55.7 Å². The van der Waals surface area contributed by atoms with Gasteiger partial charge in [-0.15, -0.1) is 0 Å². The summed E-state index contributed by atoms with van der Waals surface area (Å²) in [6.07, 6.45) is 0.